The summed E-state index contributed by atoms with van der Waals surface area (Å²) in [5.74, 6) is -0.335. The normalized spacial score (nSPS) is 22.6. The first kappa shape index (κ1) is 15.9. The predicted molar refractivity (Wildman–Crippen MR) is 86.6 cm³/mol. The predicted octanol–water partition coefficient (Wildman–Crippen LogP) is 3.33. The van der Waals surface area contributed by atoms with E-state index in [1.807, 2.05) is 0 Å². The largest absolute Gasteiger partial charge is 0.473 e. The molecule has 0 aromatic carbocycles. The zero-order chi connectivity index (χ0) is 17.8. The Balaban J connectivity index is 1.72. The molecule has 0 aliphatic heterocycles. The van der Waals surface area contributed by atoms with Crippen molar-refractivity contribution in [2.45, 2.75) is 44.9 Å². The fourth-order valence-corrected chi connectivity index (χ4v) is 2.78. The SMILES string of the molecule is CC(C)Oc1ncc(-c2cn3c([C@@H]4CC4(C)F)nnc3cn2)cc1F. The van der Waals surface area contributed by atoms with Crippen molar-refractivity contribution in [1.82, 2.24) is 24.6 Å². The summed E-state index contributed by atoms with van der Waals surface area (Å²) in [5.41, 5.74) is 0.261. The molecule has 0 amide bonds. The van der Waals surface area contributed by atoms with Crippen molar-refractivity contribution in [1.29, 1.82) is 0 Å². The molecule has 0 N–H and O–H groups in total. The van der Waals surface area contributed by atoms with Crippen LogP contribution in [-0.2, 0) is 0 Å². The van der Waals surface area contributed by atoms with Crippen LogP contribution in [0, 0.1) is 5.82 Å². The van der Waals surface area contributed by atoms with Gasteiger partial charge < -0.3 is 4.74 Å². The highest BCUT2D eigenvalue weighted by Gasteiger charge is 2.54. The maximum atomic E-state index is 14.2. The first-order valence-electron chi connectivity index (χ1n) is 8.07. The smallest absolute Gasteiger partial charge is 0.250 e. The molecule has 0 spiro atoms. The van der Waals surface area contributed by atoms with E-state index in [1.165, 1.54) is 18.5 Å². The van der Waals surface area contributed by atoms with Crippen LogP contribution in [0.25, 0.3) is 16.9 Å². The van der Waals surface area contributed by atoms with Crippen molar-refractivity contribution in [3.05, 3.63) is 36.3 Å². The van der Waals surface area contributed by atoms with E-state index in [9.17, 15) is 8.78 Å². The number of hydrogen-bond donors (Lipinski definition) is 0. The molecule has 1 aliphatic carbocycles. The van der Waals surface area contributed by atoms with E-state index in [4.69, 9.17) is 4.74 Å². The average molecular weight is 345 g/mol. The molecular formula is C17H17F2N5O. The minimum atomic E-state index is -1.25. The fraction of sp³-hybridized carbons (Fsp3) is 0.412. The number of halogens is 2. The van der Waals surface area contributed by atoms with Crippen LogP contribution in [0.4, 0.5) is 8.78 Å². The molecule has 130 valence electrons. The van der Waals surface area contributed by atoms with Crippen molar-refractivity contribution in [3.8, 4) is 17.1 Å². The van der Waals surface area contributed by atoms with Crippen LogP contribution in [0.2, 0.25) is 0 Å². The summed E-state index contributed by atoms with van der Waals surface area (Å²) in [4.78, 5) is 8.29. The molecular weight excluding hydrogens is 328 g/mol. The van der Waals surface area contributed by atoms with Gasteiger partial charge in [-0.05, 0) is 33.3 Å². The topological polar surface area (TPSA) is 65.2 Å². The summed E-state index contributed by atoms with van der Waals surface area (Å²) < 4.78 is 35.2. The summed E-state index contributed by atoms with van der Waals surface area (Å²) in [6.45, 7) is 5.15. The molecule has 8 heteroatoms. The number of fused-ring (bicyclic) bond motifs is 1. The zero-order valence-electron chi connectivity index (χ0n) is 14.1. The Morgan fingerprint density at radius 1 is 1.28 bits per heavy atom. The van der Waals surface area contributed by atoms with Gasteiger partial charge in [0.25, 0.3) is 5.88 Å². The van der Waals surface area contributed by atoms with Crippen molar-refractivity contribution in [3.63, 3.8) is 0 Å². The van der Waals surface area contributed by atoms with Crippen molar-refractivity contribution in [2.75, 3.05) is 0 Å². The van der Waals surface area contributed by atoms with Crippen LogP contribution in [-0.4, -0.2) is 36.3 Å². The van der Waals surface area contributed by atoms with Gasteiger partial charge in [0.05, 0.1) is 23.9 Å². The van der Waals surface area contributed by atoms with Crippen LogP contribution in [0.3, 0.4) is 0 Å². The maximum Gasteiger partial charge on any atom is 0.250 e. The number of pyridine rings is 1. The summed E-state index contributed by atoms with van der Waals surface area (Å²) in [5, 5.41) is 8.09. The first-order chi connectivity index (χ1) is 11.8. The quantitative estimate of drug-likeness (QED) is 0.726. The summed E-state index contributed by atoms with van der Waals surface area (Å²) >= 11 is 0. The van der Waals surface area contributed by atoms with Gasteiger partial charge in [-0.2, -0.15) is 0 Å². The maximum absolute atomic E-state index is 14.2. The summed E-state index contributed by atoms with van der Waals surface area (Å²) in [7, 11) is 0. The number of ether oxygens (including phenoxy) is 1. The van der Waals surface area contributed by atoms with Gasteiger partial charge in [-0.15, -0.1) is 10.2 Å². The van der Waals surface area contributed by atoms with Crippen LogP contribution in [0.1, 0.15) is 38.9 Å². The third-order valence-corrected chi connectivity index (χ3v) is 4.25. The Morgan fingerprint density at radius 3 is 2.68 bits per heavy atom. The molecule has 0 saturated heterocycles. The number of hydrogen-bond acceptors (Lipinski definition) is 5. The average Bonchev–Trinajstić information content (AvgIpc) is 3.00. The van der Waals surface area contributed by atoms with E-state index in [2.05, 4.69) is 20.2 Å². The highest BCUT2D eigenvalue weighted by Crippen LogP contribution is 2.53. The van der Waals surface area contributed by atoms with Gasteiger partial charge in [0.15, 0.2) is 11.5 Å². The van der Waals surface area contributed by atoms with Gasteiger partial charge in [-0.1, -0.05) is 0 Å². The van der Waals surface area contributed by atoms with E-state index < -0.39 is 11.5 Å². The third kappa shape index (κ3) is 2.81. The van der Waals surface area contributed by atoms with Crippen LogP contribution >= 0.6 is 0 Å². The Bertz CT molecular complexity index is 953. The van der Waals surface area contributed by atoms with Gasteiger partial charge in [0, 0.05) is 18.0 Å². The number of nitrogens with zero attached hydrogens (tertiary/aromatic N) is 5. The molecule has 1 saturated carbocycles. The minimum Gasteiger partial charge on any atom is -0.473 e. The Hall–Kier alpha value is -2.64. The van der Waals surface area contributed by atoms with E-state index in [-0.39, 0.29) is 17.9 Å². The van der Waals surface area contributed by atoms with E-state index in [0.717, 1.165) is 0 Å². The Morgan fingerprint density at radius 2 is 2.04 bits per heavy atom. The molecule has 1 fully saturated rings. The second kappa shape index (κ2) is 5.44. The molecule has 3 aromatic rings. The van der Waals surface area contributed by atoms with E-state index >= 15 is 0 Å². The lowest BCUT2D eigenvalue weighted by Gasteiger charge is -2.10. The van der Waals surface area contributed by atoms with Crippen LogP contribution < -0.4 is 4.74 Å². The molecule has 3 aromatic heterocycles. The first-order valence-corrected chi connectivity index (χ1v) is 8.07. The van der Waals surface area contributed by atoms with Crippen LogP contribution in [0.15, 0.2) is 24.7 Å². The second-order valence-electron chi connectivity index (χ2n) is 6.77. The van der Waals surface area contributed by atoms with Crippen molar-refractivity contribution in [2.24, 2.45) is 0 Å². The van der Waals surface area contributed by atoms with Gasteiger partial charge in [-0.25, -0.2) is 13.8 Å². The summed E-state index contributed by atoms with van der Waals surface area (Å²) in [6, 6.07) is 1.32. The lowest BCUT2D eigenvalue weighted by atomic mass is 10.2. The van der Waals surface area contributed by atoms with Crippen molar-refractivity contribution >= 4 is 5.65 Å². The molecule has 3 heterocycles. The molecule has 1 unspecified atom stereocenters. The molecule has 1 aliphatic rings. The van der Waals surface area contributed by atoms with Crippen LogP contribution in [0.5, 0.6) is 5.88 Å². The lowest BCUT2D eigenvalue weighted by Crippen LogP contribution is -2.08. The number of alkyl halides is 1. The molecule has 0 radical (unpaired) electrons. The third-order valence-electron chi connectivity index (χ3n) is 4.25. The van der Waals surface area contributed by atoms with E-state index in [1.54, 1.807) is 31.4 Å². The highest BCUT2D eigenvalue weighted by molar-refractivity contribution is 5.59. The standard InChI is InChI=1S/C17H17F2N5O/c1-9(2)25-16-12(18)4-10(6-21-16)13-8-24-14(7-20-13)22-23-15(24)11-5-17(11,3)19/h4,6-9,11H,5H2,1-3H3/t11-,17?/m0/s1. The van der Waals surface area contributed by atoms with Gasteiger partial charge >= 0.3 is 0 Å². The molecule has 2 atom stereocenters. The molecule has 6 nitrogen and oxygen atoms in total. The zero-order valence-corrected chi connectivity index (χ0v) is 14.1. The summed E-state index contributed by atoms with van der Waals surface area (Å²) in [6.07, 6.45) is 4.95. The molecule has 25 heavy (non-hydrogen) atoms. The minimum absolute atomic E-state index is 0.0454. The lowest BCUT2D eigenvalue weighted by molar-refractivity contribution is 0.221. The highest BCUT2D eigenvalue weighted by atomic mass is 19.1. The molecule has 4 rings (SSSR count). The fourth-order valence-electron chi connectivity index (χ4n) is 2.78. The van der Waals surface area contributed by atoms with Gasteiger partial charge in [-0.3, -0.25) is 9.38 Å². The Labute approximate surface area is 142 Å². The van der Waals surface area contributed by atoms with Crippen molar-refractivity contribution < 1.29 is 13.5 Å². The van der Waals surface area contributed by atoms with Gasteiger partial charge in [0.1, 0.15) is 11.5 Å². The molecule has 0 bridgehead atoms. The second-order valence-corrected chi connectivity index (χ2v) is 6.77. The Kier molecular flexibility index (Phi) is 3.45. The number of rotatable bonds is 4. The number of aromatic nitrogens is 5. The monoisotopic (exact) mass is 345 g/mol. The van der Waals surface area contributed by atoms with E-state index in [0.29, 0.717) is 29.1 Å². The van der Waals surface area contributed by atoms with Gasteiger partial charge in [0.2, 0.25) is 0 Å².